The van der Waals surface area contributed by atoms with E-state index in [-0.39, 0.29) is 41.2 Å². The fourth-order valence-electron chi connectivity index (χ4n) is 1.44. The quantitative estimate of drug-likeness (QED) is 0.552. The molecule has 1 aromatic carbocycles. The van der Waals surface area contributed by atoms with E-state index in [4.69, 9.17) is 9.47 Å². The Balaban J connectivity index is 0.00000256. The molecule has 0 spiro atoms. The molecule has 0 aromatic heterocycles. The standard InChI is InChI=1S/C12H16O4.Na/c1-8-6-10(16-9(2)7-15-3)4-5-11(8)12(13)14;/h4-6,9H,7H2,1-3H3,(H,13,14);/q;+1/p-1. The van der Waals surface area contributed by atoms with Gasteiger partial charge in [-0.25, -0.2) is 0 Å². The summed E-state index contributed by atoms with van der Waals surface area (Å²) < 4.78 is 10.5. The minimum absolute atomic E-state index is 0. The predicted octanol–water partition coefficient (Wildman–Crippen LogP) is -2.22. The summed E-state index contributed by atoms with van der Waals surface area (Å²) in [5.74, 6) is -0.541. The molecule has 0 aliphatic rings. The zero-order valence-corrected chi connectivity index (χ0v) is 12.6. The van der Waals surface area contributed by atoms with E-state index in [0.29, 0.717) is 17.9 Å². The topological polar surface area (TPSA) is 58.6 Å². The molecule has 1 rings (SSSR count). The van der Waals surface area contributed by atoms with E-state index in [1.807, 2.05) is 6.92 Å². The third-order valence-electron chi connectivity index (χ3n) is 2.16. The number of carboxylic acid groups (broad SMARTS) is 1. The van der Waals surface area contributed by atoms with E-state index < -0.39 is 5.97 Å². The number of ether oxygens (including phenoxy) is 2. The van der Waals surface area contributed by atoms with Crippen molar-refractivity contribution in [2.75, 3.05) is 13.7 Å². The van der Waals surface area contributed by atoms with Gasteiger partial charge in [0.15, 0.2) is 0 Å². The molecule has 0 saturated heterocycles. The van der Waals surface area contributed by atoms with Gasteiger partial charge in [0.25, 0.3) is 0 Å². The van der Waals surface area contributed by atoms with Gasteiger partial charge in [-0.15, -0.1) is 0 Å². The smallest absolute Gasteiger partial charge is 0.545 e. The largest absolute Gasteiger partial charge is 1.00 e. The molecular weight excluding hydrogens is 231 g/mol. The average molecular weight is 246 g/mol. The maximum absolute atomic E-state index is 10.7. The normalized spacial score (nSPS) is 11.5. The van der Waals surface area contributed by atoms with E-state index in [1.165, 1.54) is 6.07 Å². The molecule has 0 radical (unpaired) electrons. The summed E-state index contributed by atoms with van der Waals surface area (Å²) in [6, 6.07) is 4.78. The number of carboxylic acids is 1. The van der Waals surface area contributed by atoms with Crippen LogP contribution in [0, 0.1) is 6.92 Å². The molecule has 1 aromatic rings. The van der Waals surface area contributed by atoms with E-state index in [0.717, 1.165) is 0 Å². The number of hydrogen-bond donors (Lipinski definition) is 0. The van der Waals surface area contributed by atoms with Crippen LogP contribution in [-0.2, 0) is 4.74 Å². The molecule has 4 nitrogen and oxygen atoms in total. The summed E-state index contributed by atoms with van der Waals surface area (Å²) in [6.45, 7) is 4.08. The molecule has 0 saturated carbocycles. The molecule has 0 bridgehead atoms. The van der Waals surface area contributed by atoms with Gasteiger partial charge in [0, 0.05) is 12.7 Å². The summed E-state index contributed by atoms with van der Waals surface area (Å²) in [5, 5.41) is 10.7. The van der Waals surface area contributed by atoms with Gasteiger partial charge in [-0.1, -0.05) is 0 Å². The van der Waals surface area contributed by atoms with Crippen LogP contribution >= 0.6 is 0 Å². The number of benzene rings is 1. The first kappa shape index (κ1) is 16.4. The van der Waals surface area contributed by atoms with Crippen molar-refractivity contribution in [1.82, 2.24) is 0 Å². The molecule has 5 heteroatoms. The van der Waals surface area contributed by atoms with Gasteiger partial charge in [-0.2, -0.15) is 0 Å². The zero-order chi connectivity index (χ0) is 12.1. The summed E-state index contributed by atoms with van der Waals surface area (Å²) in [4.78, 5) is 10.7. The molecule has 1 unspecified atom stereocenters. The van der Waals surface area contributed by atoms with Crippen LogP contribution in [0.25, 0.3) is 0 Å². The number of carbonyl (C=O) groups is 1. The van der Waals surface area contributed by atoms with Gasteiger partial charge in [0.1, 0.15) is 11.9 Å². The van der Waals surface area contributed by atoms with E-state index in [2.05, 4.69) is 0 Å². The molecule has 1 atom stereocenters. The Morgan fingerprint density at radius 3 is 2.59 bits per heavy atom. The van der Waals surface area contributed by atoms with Crippen molar-refractivity contribution in [1.29, 1.82) is 0 Å². The van der Waals surface area contributed by atoms with E-state index in [1.54, 1.807) is 26.2 Å². The van der Waals surface area contributed by atoms with Gasteiger partial charge in [0.2, 0.25) is 0 Å². The maximum Gasteiger partial charge on any atom is 1.00 e. The van der Waals surface area contributed by atoms with Crippen molar-refractivity contribution in [3.63, 3.8) is 0 Å². The molecule has 88 valence electrons. The number of carbonyl (C=O) groups excluding carboxylic acids is 1. The zero-order valence-electron chi connectivity index (χ0n) is 10.6. The number of aryl methyl sites for hydroxylation is 1. The fourth-order valence-corrected chi connectivity index (χ4v) is 1.44. The van der Waals surface area contributed by atoms with Crippen LogP contribution in [0.4, 0.5) is 0 Å². The molecule has 0 aliphatic carbocycles. The molecule has 0 amide bonds. The summed E-state index contributed by atoms with van der Waals surface area (Å²) in [7, 11) is 1.60. The van der Waals surface area contributed by atoms with Crippen molar-refractivity contribution < 1.29 is 48.9 Å². The van der Waals surface area contributed by atoms with Crippen LogP contribution in [0.5, 0.6) is 5.75 Å². The minimum atomic E-state index is -1.17. The van der Waals surface area contributed by atoms with Crippen LogP contribution in [0.3, 0.4) is 0 Å². The second-order valence-corrected chi connectivity index (χ2v) is 3.65. The van der Waals surface area contributed by atoms with Crippen molar-refractivity contribution >= 4 is 5.97 Å². The van der Waals surface area contributed by atoms with Crippen LogP contribution in [0.15, 0.2) is 18.2 Å². The number of aromatic carboxylic acids is 1. The van der Waals surface area contributed by atoms with Crippen LogP contribution < -0.4 is 39.4 Å². The van der Waals surface area contributed by atoms with E-state index in [9.17, 15) is 9.90 Å². The second kappa shape index (κ2) is 7.71. The molecular formula is C12H15NaO4. The van der Waals surface area contributed by atoms with Crippen molar-refractivity contribution in [3.8, 4) is 5.75 Å². The molecule has 17 heavy (non-hydrogen) atoms. The average Bonchev–Trinajstić information content (AvgIpc) is 2.17. The van der Waals surface area contributed by atoms with Gasteiger partial charge >= 0.3 is 29.6 Å². The first-order chi connectivity index (χ1) is 7.54. The predicted molar refractivity (Wildman–Crippen MR) is 57.5 cm³/mol. The monoisotopic (exact) mass is 246 g/mol. The third-order valence-corrected chi connectivity index (χ3v) is 2.16. The molecule has 0 N–H and O–H groups in total. The maximum atomic E-state index is 10.7. The van der Waals surface area contributed by atoms with Crippen molar-refractivity contribution in [2.45, 2.75) is 20.0 Å². The van der Waals surface area contributed by atoms with Gasteiger partial charge in [-0.3, -0.25) is 0 Å². The Morgan fingerprint density at radius 1 is 1.47 bits per heavy atom. The molecule has 0 aliphatic heterocycles. The Bertz CT molecular complexity index is 379. The minimum Gasteiger partial charge on any atom is -0.545 e. The number of hydrogen-bond acceptors (Lipinski definition) is 4. The summed E-state index contributed by atoms with van der Waals surface area (Å²) >= 11 is 0. The second-order valence-electron chi connectivity index (χ2n) is 3.65. The summed E-state index contributed by atoms with van der Waals surface area (Å²) in [5.41, 5.74) is 0.814. The fraction of sp³-hybridized carbons (Fsp3) is 0.417. The summed E-state index contributed by atoms with van der Waals surface area (Å²) in [6.07, 6.45) is -0.0711. The van der Waals surface area contributed by atoms with Crippen LogP contribution in [-0.4, -0.2) is 25.8 Å². The first-order valence-electron chi connectivity index (χ1n) is 5.02. The van der Waals surface area contributed by atoms with Crippen LogP contribution in [0.2, 0.25) is 0 Å². The van der Waals surface area contributed by atoms with Crippen LogP contribution in [0.1, 0.15) is 22.8 Å². The Labute approximate surface area is 123 Å². The number of methoxy groups -OCH3 is 1. The third kappa shape index (κ3) is 5.08. The first-order valence-corrected chi connectivity index (χ1v) is 5.02. The molecule has 0 heterocycles. The SMILES string of the molecule is COCC(C)Oc1ccc(C(=O)[O-])c(C)c1.[Na+]. The van der Waals surface area contributed by atoms with Crippen molar-refractivity contribution in [3.05, 3.63) is 29.3 Å². The Kier molecular flexibility index (Phi) is 7.46. The van der Waals surface area contributed by atoms with E-state index >= 15 is 0 Å². The number of rotatable bonds is 5. The Hall–Kier alpha value is -0.550. The van der Waals surface area contributed by atoms with Gasteiger partial charge < -0.3 is 19.4 Å². The molecule has 0 fully saturated rings. The van der Waals surface area contributed by atoms with Gasteiger partial charge in [-0.05, 0) is 37.6 Å². The van der Waals surface area contributed by atoms with Gasteiger partial charge in [0.05, 0.1) is 12.6 Å². The van der Waals surface area contributed by atoms with Crippen molar-refractivity contribution in [2.24, 2.45) is 0 Å². The Morgan fingerprint density at radius 2 is 2.12 bits per heavy atom.